The number of fused-ring (bicyclic) bond motifs is 1. The smallest absolute Gasteiger partial charge is 0.0809 e. The molecule has 0 saturated carbocycles. The molecule has 0 aliphatic carbocycles. The van der Waals surface area contributed by atoms with Crippen molar-refractivity contribution in [3.63, 3.8) is 0 Å². The average molecular weight is 227 g/mol. The van der Waals surface area contributed by atoms with Crippen LogP contribution in [0.5, 0.6) is 0 Å². The molecule has 0 unspecified atom stereocenters. The Kier molecular flexibility index (Phi) is 3.06. The zero-order valence-electron chi connectivity index (χ0n) is 7.92. The van der Waals surface area contributed by atoms with Crippen LogP contribution in [0.2, 0.25) is 5.02 Å². The minimum atomic E-state index is 0.687. The molecule has 0 N–H and O–H groups in total. The van der Waals surface area contributed by atoms with Gasteiger partial charge in [-0.3, -0.25) is 0 Å². The molecule has 0 amide bonds. The lowest BCUT2D eigenvalue weighted by molar-refractivity contribution is 0.136. The summed E-state index contributed by atoms with van der Waals surface area (Å²) in [4.78, 5) is 1.23. The van der Waals surface area contributed by atoms with Crippen molar-refractivity contribution in [2.45, 2.75) is 13.5 Å². The normalized spacial score (nSPS) is 11.0. The van der Waals surface area contributed by atoms with Crippen LogP contribution >= 0.6 is 22.9 Å². The summed E-state index contributed by atoms with van der Waals surface area (Å²) < 4.78 is 6.51. The lowest BCUT2D eigenvalue weighted by atomic mass is 10.2. The van der Waals surface area contributed by atoms with Gasteiger partial charge in [0.05, 0.1) is 16.3 Å². The van der Waals surface area contributed by atoms with E-state index in [0.717, 1.165) is 16.3 Å². The molecule has 2 rings (SSSR count). The third-order valence-electron chi connectivity index (χ3n) is 2.00. The van der Waals surface area contributed by atoms with Gasteiger partial charge in [0.15, 0.2) is 0 Å². The van der Waals surface area contributed by atoms with Crippen molar-refractivity contribution in [1.82, 2.24) is 0 Å². The first kappa shape index (κ1) is 9.97. The van der Waals surface area contributed by atoms with Crippen molar-refractivity contribution in [1.29, 1.82) is 0 Å². The molecule has 1 aromatic carbocycles. The number of rotatable bonds is 3. The predicted octanol–water partition coefficient (Wildman–Crippen LogP) is 4.09. The molecule has 0 aliphatic heterocycles. The van der Waals surface area contributed by atoms with Crippen LogP contribution in [0.4, 0.5) is 0 Å². The Balaban J connectivity index is 2.36. The molecule has 0 radical (unpaired) electrons. The molecule has 0 aliphatic rings. The SMILES string of the molecule is CCOCc1cc2cccc(Cl)c2s1. The van der Waals surface area contributed by atoms with Crippen LogP contribution in [0.15, 0.2) is 24.3 Å². The Bertz CT molecular complexity index is 436. The third kappa shape index (κ3) is 1.92. The quantitative estimate of drug-likeness (QED) is 0.766. The molecule has 1 heterocycles. The minimum absolute atomic E-state index is 0.687. The van der Waals surface area contributed by atoms with E-state index in [1.54, 1.807) is 11.3 Å². The predicted molar refractivity (Wildman–Crippen MR) is 62.2 cm³/mol. The van der Waals surface area contributed by atoms with E-state index in [-0.39, 0.29) is 0 Å². The number of ether oxygens (including phenoxy) is 1. The van der Waals surface area contributed by atoms with Crippen molar-refractivity contribution in [3.8, 4) is 0 Å². The van der Waals surface area contributed by atoms with Gasteiger partial charge in [-0.25, -0.2) is 0 Å². The van der Waals surface area contributed by atoms with Gasteiger partial charge in [-0.2, -0.15) is 0 Å². The van der Waals surface area contributed by atoms with Gasteiger partial charge in [0.1, 0.15) is 0 Å². The summed E-state index contributed by atoms with van der Waals surface area (Å²) in [5.74, 6) is 0. The first-order valence-corrected chi connectivity index (χ1v) is 5.75. The van der Waals surface area contributed by atoms with Gasteiger partial charge in [-0.05, 0) is 24.4 Å². The summed E-state index contributed by atoms with van der Waals surface area (Å²) in [6.07, 6.45) is 0. The minimum Gasteiger partial charge on any atom is -0.376 e. The van der Waals surface area contributed by atoms with E-state index in [9.17, 15) is 0 Å². The van der Waals surface area contributed by atoms with Gasteiger partial charge in [0.25, 0.3) is 0 Å². The van der Waals surface area contributed by atoms with E-state index < -0.39 is 0 Å². The van der Waals surface area contributed by atoms with Crippen molar-refractivity contribution in [2.75, 3.05) is 6.61 Å². The van der Waals surface area contributed by atoms with Gasteiger partial charge in [-0.15, -0.1) is 11.3 Å². The second kappa shape index (κ2) is 4.30. The Morgan fingerprint density at radius 3 is 3.00 bits per heavy atom. The molecule has 74 valence electrons. The van der Waals surface area contributed by atoms with Gasteiger partial charge in [0.2, 0.25) is 0 Å². The van der Waals surface area contributed by atoms with Crippen LogP contribution in [0.25, 0.3) is 10.1 Å². The summed E-state index contributed by atoms with van der Waals surface area (Å²) in [5.41, 5.74) is 0. The second-order valence-corrected chi connectivity index (χ2v) is 4.55. The summed E-state index contributed by atoms with van der Waals surface area (Å²) in [6, 6.07) is 8.11. The van der Waals surface area contributed by atoms with Crippen LogP contribution in [0.3, 0.4) is 0 Å². The van der Waals surface area contributed by atoms with Gasteiger partial charge in [0, 0.05) is 11.5 Å². The second-order valence-electron chi connectivity index (χ2n) is 3.01. The van der Waals surface area contributed by atoms with Gasteiger partial charge in [-0.1, -0.05) is 23.7 Å². The maximum absolute atomic E-state index is 6.07. The highest BCUT2D eigenvalue weighted by Gasteiger charge is 2.04. The first-order chi connectivity index (χ1) is 6.81. The standard InChI is InChI=1S/C11H11ClOS/c1-2-13-7-9-6-8-4-3-5-10(12)11(8)14-9/h3-6H,2,7H2,1H3. The molecule has 3 heteroatoms. The summed E-state index contributed by atoms with van der Waals surface area (Å²) in [6.45, 7) is 3.44. The van der Waals surface area contributed by atoms with Gasteiger partial charge < -0.3 is 4.74 Å². The number of thiophene rings is 1. The van der Waals surface area contributed by atoms with Crippen LogP contribution in [0, 0.1) is 0 Å². The molecule has 1 nitrogen and oxygen atoms in total. The van der Waals surface area contributed by atoms with Crippen molar-refractivity contribution < 1.29 is 4.74 Å². The summed E-state index contributed by atoms with van der Waals surface area (Å²) in [7, 11) is 0. The number of hydrogen-bond donors (Lipinski definition) is 0. The van der Waals surface area contributed by atoms with Crippen molar-refractivity contribution in [2.24, 2.45) is 0 Å². The number of hydrogen-bond acceptors (Lipinski definition) is 2. The highest BCUT2D eigenvalue weighted by atomic mass is 35.5. The molecule has 0 spiro atoms. The molecule has 2 aromatic rings. The fourth-order valence-corrected chi connectivity index (χ4v) is 2.65. The van der Waals surface area contributed by atoms with E-state index in [1.165, 1.54) is 10.3 Å². The van der Waals surface area contributed by atoms with E-state index in [4.69, 9.17) is 16.3 Å². The largest absolute Gasteiger partial charge is 0.376 e. The van der Waals surface area contributed by atoms with Crippen LogP contribution in [-0.4, -0.2) is 6.61 Å². The zero-order chi connectivity index (χ0) is 9.97. The molecular formula is C11H11ClOS. The van der Waals surface area contributed by atoms with E-state index in [2.05, 4.69) is 12.1 Å². The molecule has 14 heavy (non-hydrogen) atoms. The third-order valence-corrected chi connectivity index (χ3v) is 3.58. The van der Waals surface area contributed by atoms with Crippen molar-refractivity contribution >= 4 is 33.0 Å². The number of halogens is 1. The van der Waals surface area contributed by atoms with Crippen LogP contribution in [0.1, 0.15) is 11.8 Å². The Hall–Kier alpha value is -0.570. The lowest BCUT2D eigenvalue weighted by Crippen LogP contribution is -1.87. The summed E-state index contributed by atoms with van der Waals surface area (Å²) in [5, 5.41) is 2.03. The monoisotopic (exact) mass is 226 g/mol. The van der Waals surface area contributed by atoms with Crippen molar-refractivity contribution in [3.05, 3.63) is 34.2 Å². The highest BCUT2D eigenvalue weighted by molar-refractivity contribution is 7.19. The van der Waals surface area contributed by atoms with Crippen LogP contribution in [-0.2, 0) is 11.3 Å². The molecular weight excluding hydrogens is 216 g/mol. The maximum Gasteiger partial charge on any atom is 0.0809 e. The lowest BCUT2D eigenvalue weighted by Gasteiger charge is -1.94. The topological polar surface area (TPSA) is 9.23 Å². The van der Waals surface area contributed by atoms with Crippen LogP contribution < -0.4 is 0 Å². The van der Waals surface area contributed by atoms with E-state index >= 15 is 0 Å². The molecule has 1 aromatic heterocycles. The highest BCUT2D eigenvalue weighted by Crippen LogP contribution is 2.31. The fraction of sp³-hybridized carbons (Fsp3) is 0.273. The van der Waals surface area contributed by atoms with Gasteiger partial charge >= 0.3 is 0 Å². The van der Waals surface area contributed by atoms with E-state index in [0.29, 0.717) is 6.61 Å². The first-order valence-electron chi connectivity index (χ1n) is 4.56. The molecule has 0 saturated heterocycles. The maximum atomic E-state index is 6.07. The molecule has 0 bridgehead atoms. The number of benzene rings is 1. The fourth-order valence-electron chi connectivity index (χ4n) is 1.35. The Labute approximate surface area is 92.3 Å². The Morgan fingerprint density at radius 1 is 1.43 bits per heavy atom. The Morgan fingerprint density at radius 2 is 2.29 bits per heavy atom. The average Bonchev–Trinajstić information content (AvgIpc) is 2.59. The zero-order valence-corrected chi connectivity index (χ0v) is 9.49. The summed E-state index contributed by atoms with van der Waals surface area (Å²) >= 11 is 7.78. The molecule has 0 fully saturated rings. The van der Waals surface area contributed by atoms with E-state index in [1.807, 2.05) is 19.1 Å². The molecule has 0 atom stereocenters.